The zero-order valence-corrected chi connectivity index (χ0v) is 15.7. The lowest BCUT2D eigenvalue weighted by atomic mass is 10.1. The van der Waals surface area contributed by atoms with Crippen LogP contribution >= 0.6 is 34.5 Å². The van der Waals surface area contributed by atoms with E-state index in [1.807, 2.05) is 12.1 Å². The van der Waals surface area contributed by atoms with Crippen LogP contribution in [0.5, 0.6) is 0 Å². The van der Waals surface area contributed by atoms with Crippen LogP contribution < -0.4 is 5.32 Å². The second-order valence-corrected chi connectivity index (χ2v) is 7.25. The number of esters is 1. The topological polar surface area (TPSA) is 55.4 Å². The van der Waals surface area contributed by atoms with E-state index in [1.165, 1.54) is 18.4 Å². The summed E-state index contributed by atoms with van der Waals surface area (Å²) in [6.45, 7) is 0.586. The minimum atomic E-state index is -0.178. The predicted molar refractivity (Wildman–Crippen MR) is 99.3 cm³/mol. The van der Waals surface area contributed by atoms with Gasteiger partial charge >= 0.3 is 5.97 Å². The van der Waals surface area contributed by atoms with Crippen molar-refractivity contribution >= 4 is 56.5 Å². The second-order valence-electron chi connectivity index (χ2n) is 5.38. The number of amides is 1. The van der Waals surface area contributed by atoms with E-state index in [9.17, 15) is 9.59 Å². The van der Waals surface area contributed by atoms with Crippen molar-refractivity contribution in [2.45, 2.75) is 32.1 Å². The van der Waals surface area contributed by atoms with Crippen LogP contribution in [0.25, 0.3) is 10.1 Å². The van der Waals surface area contributed by atoms with Crippen molar-refractivity contribution in [2.75, 3.05) is 13.7 Å². The highest BCUT2D eigenvalue weighted by Crippen LogP contribution is 2.36. The van der Waals surface area contributed by atoms with Crippen molar-refractivity contribution in [3.63, 3.8) is 0 Å². The molecule has 0 bridgehead atoms. The molecular formula is C17H19Cl2NO3S. The van der Waals surface area contributed by atoms with Gasteiger partial charge in [0.2, 0.25) is 0 Å². The van der Waals surface area contributed by atoms with Gasteiger partial charge in [-0.1, -0.05) is 42.1 Å². The summed E-state index contributed by atoms with van der Waals surface area (Å²) >= 11 is 13.6. The Labute approximate surface area is 155 Å². The Bertz CT molecular complexity index is 730. The number of halogens is 2. The summed E-state index contributed by atoms with van der Waals surface area (Å²) in [5, 5.41) is 4.83. The highest BCUT2D eigenvalue weighted by molar-refractivity contribution is 7.21. The minimum Gasteiger partial charge on any atom is -0.469 e. The third-order valence-electron chi connectivity index (χ3n) is 3.62. The third-order valence-corrected chi connectivity index (χ3v) is 5.51. The number of ether oxygens (including phenoxy) is 1. The molecule has 1 amide bonds. The van der Waals surface area contributed by atoms with Gasteiger partial charge in [-0.3, -0.25) is 9.59 Å². The Kier molecular flexibility index (Phi) is 7.34. The largest absolute Gasteiger partial charge is 0.469 e. The van der Waals surface area contributed by atoms with Gasteiger partial charge in [0.15, 0.2) is 0 Å². The van der Waals surface area contributed by atoms with Crippen LogP contribution in [0, 0.1) is 0 Å². The number of rotatable bonds is 8. The van der Waals surface area contributed by atoms with E-state index in [0.29, 0.717) is 27.9 Å². The average molecular weight is 388 g/mol. The molecule has 0 aliphatic rings. The second kappa shape index (κ2) is 9.25. The summed E-state index contributed by atoms with van der Waals surface area (Å²) in [7, 11) is 1.39. The molecule has 7 heteroatoms. The average Bonchev–Trinajstić information content (AvgIpc) is 2.89. The molecule has 4 nitrogen and oxygen atoms in total. The normalized spacial score (nSPS) is 10.8. The molecule has 0 atom stereocenters. The number of benzene rings is 1. The summed E-state index contributed by atoms with van der Waals surface area (Å²) in [5.74, 6) is -0.338. The third kappa shape index (κ3) is 5.10. The van der Waals surface area contributed by atoms with Crippen molar-refractivity contribution in [3.8, 4) is 0 Å². The molecule has 24 heavy (non-hydrogen) atoms. The summed E-state index contributed by atoms with van der Waals surface area (Å²) < 4.78 is 5.49. The maximum absolute atomic E-state index is 12.3. The van der Waals surface area contributed by atoms with Crippen LogP contribution in [-0.4, -0.2) is 25.5 Å². The van der Waals surface area contributed by atoms with E-state index in [-0.39, 0.29) is 11.9 Å². The molecule has 0 fully saturated rings. The van der Waals surface area contributed by atoms with Crippen molar-refractivity contribution in [3.05, 3.63) is 33.1 Å². The number of fused-ring (bicyclic) bond motifs is 1. The quantitative estimate of drug-likeness (QED) is 0.508. The molecule has 0 aliphatic carbocycles. The Balaban J connectivity index is 1.77. The van der Waals surface area contributed by atoms with Gasteiger partial charge in [0.1, 0.15) is 4.88 Å². The minimum absolute atomic E-state index is 0.160. The van der Waals surface area contributed by atoms with Gasteiger partial charge in [0.25, 0.3) is 5.91 Å². The molecule has 1 heterocycles. The van der Waals surface area contributed by atoms with E-state index in [1.54, 1.807) is 6.07 Å². The van der Waals surface area contributed by atoms with E-state index in [4.69, 9.17) is 23.2 Å². The maximum Gasteiger partial charge on any atom is 0.305 e. The highest BCUT2D eigenvalue weighted by Gasteiger charge is 2.16. The maximum atomic E-state index is 12.3. The van der Waals surface area contributed by atoms with Gasteiger partial charge in [-0.05, 0) is 25.0 Å². The van der Waals surface area contributed by atoms with Crippen molar-refractivity contribution in [1.29, 1.82) is 0 Å². The van der Waals surface area contributed by atoms with Crippen LogP contribution in [0.3, 0.4) is 0 Å². The first kappa shape index (κ1) is 19.0. The van der Waals surface area contributed by atoms with Crippen LogP contribution in [0.2, 0.25) is 10.0 Å². The van der Waals surface area contributed by atoms with Gasteiger partial charge in [-0.2, -0.15) is 0 Å². The van der Waals surface area contributed by atoms with Gasteiger partial charge in [0.05, 0.1) is 12.1 Å². The number of hydrogen-bond donors (Lipinski definition) is 1. The number of unbranched alkanes of at least 4 members (excludes halogenated alkanes) is 3. The summed E-state index contributed by atoms with van der Waals surface area (Å²) in [6.07, 6.45) is 4.01. The Hall–Kier alpha value is -1.30. The monoisotopic (exact) mass is 387 g/mol. The number of carbonyl (C=O) groups excluding carboxylic acids is 2. The fourth-order valence-corrected chi connectivity index (χ4v) is 4.03. The first-order valence-electron chi connectivity index (χ1n) is 7.75. The van der Waals surface area contributed by atoms with Gasteiger partial charge in [0, 0.05) is 28.1 Å². The molecular weight excluding hydrogens is 369 g/mol. The molecule has 130 valence electrons. The fourth-order valence-electron chi connectivity index (χ4n) is 2.32. The Morgan fingerprint density at radius 3 is 2.67 bits per heavy atom. The summed E-state index contributed by atoms with van der Waals surface area (Å²) in [5.41, 5.74) is 0. The van der Waals surface area contributed by atoms with Gasteiger partial charge < -0.3 is 10.1 Å². The van der Waals surface area contributed by atoms with Gasteiger partial charge in [-0.15, -0.1) is 11.3 Å². The molecule has 0 saturated heterocycles. The van der Waals surface area contributed by atoms with Crippen molar-refractivity contribution < 1.29 is 14.3 Å². The number of carbonyl (C=O) groups is 2. The molecule has 0 radical (unpaired) electrons. The first-order valence-corrected chi connectivity index (χ1v) is 9.32. The standard InChI is InChI=1S/C17H19Cl2NO3S/c1-23-14(21)6-4-2-3-5-9-20-17(22)16-15(19)12-8-7-11(18)10-13(12)24-16/h7-8,10H,2-6,9H2,1H3,(H,20,22). The van der Waals surface area contributed by atoms with E-state index < -0.39 is 0 Å². The smallest absolute Gasteiger partial charge is 0.305 e. The van der Waals surface area contributed by atoms with Crippen LogP contribution in [-0.2, 0) is 9.53 Å². The molecule has 2 aromatic rings. The fraction of sp³-hybridized carbons (Fsp3) is 0.412. The zero-order chi connectivity index (χ0) is 17.5. The van der Waals surface area contributed by atoms with Crippen molar-refractivity contribution in [1.82, 2.24) is 5.32 Å². The number of hydrogen-bond acceptors (Lipinski definition) is 4. The molecule has 2 rings (SSSR count). The van der Waals surface area contributed by atoms with E-state index >= 15 is 0 Å². The van der Waals surface area contributed by atoms with Crippen LogP contribution in [0.15, 0.2) is 18.2 Å². The Morgan fingerprint density at radius 2 is 1.92 bits per heavy atom. The van der Waals surface area contributed by atoms with Crippen molar-refractivity contribution in [2.24, 2.45) is 0 Å². The SMILES string of the molecule is COC(=O)CCCCCCNC(=O)c1sc2cc(Cl)ccc2c1Cl. The molecule has 1 aromatic heterocycles. The molecule has 0 aliphatic heterocycles. The zero-order valence-electron chi connectivity index (χ0n) is 13.4. The number of methoxy groups -OCH3 is 1. The van der Waals surface area contributed by atoms with E-state index in [2.05, 4.69) is 10.1 Å². The van der Waals surface area contributed by atoms with E-state index in [0.717, 1.165) is 35.8 Å². The van der Waals surface area contributed by atoms with Gasteiger partial charge in [-0.25, -0.2) is 0 Å². The van der Waals surface area contributed by atoms with Crippen LogP contribution in [0.1, 0.15) is 41.8 Å². The summed E-state index contributed by atoms with van der Waals surface area (Å²) in [4.78, 5) is 23.7. The number of nitrogens with one attached hydrogen (secondary N) is 1. The lowest BCUT2D eigenvalue weighted by Gasteiger charge is -2.04. The highest BCUT2D eigenvalue weighted by atomic mass is 35.5. The Morgan fingerprint density at radius 1 is 1.17 bits per heavy atom. The lowest BCUT2D eigenvalue weighted by Crippen LogP contribution is -2.23. The molecule has 0 spiro atoms. The molecule has 0 saturated carbocycles. The summed E-state index contributed by atoms with van der Waals surface area (Å²) in [6, 6.07) is 5.40. The number of thiophene rings is 1. The predicted octanol–water partition coefficient (Wildman–Crippen LogP) is 5.06. The molecule has 1 aromatic carbocycles. The first-order chi connectivity index (χ1) is 11.5. The molecule has 0 unspecified atom stereocenters. The lowest BCUT2D eigenvalue weighted by molar-refractivity contribution is -0.140. The van der Waals surface area contributed by atoms with Crippen LogP contribution in [0.4, 0.5) is 0 Å². The molecule has 1 N–H and O–H groups in total.